The van der Waals surface area contributed by atoms with E-state index in [-0.39, 0.29) is 17.7 Å². The van der Waals surface area contributed by atoms with Gasteiger partial charge in [-0.05, 0) is 49.1 Å². The van der Waals surface area contributed by atoms with E-state index in [1.807, 2.05) is 53.4 Å². The molecule has 0 aromatic heterocycles. The molecule has 6 heteroatoms. The van der Waals surface area contributed by atoms with Crippen molar-refractivity contribution in [3.05, 3.63) is 54.1 Å². The van der Waals surface area contributed by atoms with Gasteiger partial charge in [0.15, 0.2) is 0 Å². The molecule has 154 valence electrons. The number of carbonyl (C=O) groups is 2. The molecule has 0 saturated carbocycles. The largest absolute Gasteiger partial charge is 0.497 e. The Bertz CT molecular complexity index is 816. The number of benzene rings is 2. The predicted octanol–water partition coefficient (Wildman–Crippen LogP) is 3.51. The zero-order valence-electron chi connectivity index (χ0n) is 17.0. The van der Waals surface area contributed by atoms with Crippen molar-refractivity contribution in [3.8, 4) is 11.5 Å². The second-order valence-electron chi connectivity index (χ2n) is 7.26. The van der Waals surface area contributed by atoms with Gasteiger partial charge in [0.05, 0.1) is 20.1 Å². The van der Waals surface area contributed by atoms with Crippen LogP contribution in [0.1, 0.15) is 24.8 Å². The van der Waals surface area contributed by atoms with Crippen molar-refractivity contribution in [3.63, 3.8) is 0 Å². The Morgan fingerprint density at radius 2 is 1.76 bits per heavy atom. The summed E-state index contributed by atoms with van der Waals surface area (Å²) in [5.41, 5.74) is 1.78. The minimum absolute atomic E-state index is 0.0220. The molecule has 0 spiro atoms. The van der Waals surface area contributed by atoms with Crippen LogP contribution in [-0.2, 0) is 16.0 Å². The standard InChI is InChI=1S/C23H28N2O4/c1-28-20-13-17(14-21(15-20)29-2)10-11-22(26)25-12-6-7-18(16-25)23(27)24-19-8-4-3-5-9-19/h3-5,8-9,13-15,18H,6-7,10-12,16H2,1-2H3,(H,24,27). The molecule has 1 heterocycles. The highest BCUT2D eigenvalue weighted by Gasteiger charge is 2.28. The lowest BCUT2D eigenvalue weighted by Crippen LogP contribution is -2.43. The van der Waals surface area contributed by atoms with Crippen LogP contribution in [0.5, 0.6) is 11.5 Å². The normalized spacial score (nSPS) is 16.2. The topological polar surface area (TPSA) is 67.9 Å². The Hall–Kier alpha value is -3.02. The van der Waals surface area contributed by atoms with Crippen molar-refractivity contribution in [2.24, 2.45) is 5.92 Å². The third-order valence-corrected chi connectivity index (χ3v) is 5.22. The maximum Gasteiger partial charge on any atom is 0.229 e. The number of carbonyl (C=O) groups excluding carboxylic acids is 2. The van der Waals surface area contributed by atoms with E-state index >= 15 is 0 Å². The maximum atomic E-state index is 12.7. The number of methoxy groups -OCH3 is 2. The molecule has 1 saturated heterocycles. The number of hydrogen-bond acceptors (Lipinski definition) is 4. The van der Waals surface area contributed by atoms with Gasteiger partial charge in [0.2, 0.25) is 11.8 Å². The highest BCUT2D eigenvalue weighted by molar-refractivity contribution is 5.93. The predicted molar refractivity (Wildman–Crippen MR) is 112 cm³/mol. The van der Waals surface area contributed by atoms with Gasteiger partial charge in [0.1, 0.15) is 11.5 Å². The molecule has 0 radical (unpaired) electrons. The molecular weight excluding hydrogens is 368 g/mol. The second kappa shape index (κ2) is 9.96. The first-order chi connectivity index (χ1) is 14.1. The summed E-state index contributed by atoms with van der Waals surface area (Å²) in [5, 5.41) is 2.95. The molecule has 2 amide bonds. The van der Waals surface area contributed by atoms with E-state index in [2.05, 4.69) is 5.32 Å². The van der Waals surface area contributed by atoms with Crippen LogP contribution in [0.25, 0.3) is 0 Å². The van der Waals surface area contributed by atoms with Crippen LogP contribution >= 0.6 is 0 Å². The Morgan fingerprint density at radius 1 is 1.07 bits per heavy atom. The minimum Gasteiger partial charge on any atom is -0.497 e. The van der Waals surface area contributed by atoms with Crippen LogP contribution in [0.2, 0.25) is 0 Å². The van der Waals surface area contributed by atoms with Gasteiger partial charge in [-0.2, -0.15) is 0 Å². The van der Waals surface area contributed by atoms with Crippen molar-refractivity contribution >= 4 is 17.5 Å². The SMILES string of the molecule is COc1cc(CCC(=O)N2CCCC(C(=O)Nc3ccccc3)C2)cc(OC)c1. The van der Waals surface area contributed by atoms with Gasteiger partial charge < -0.3 is 19.7 Å². The van der Waals surface area contributed by atoms with Gasteiger partial charge >= 0.3 is 0 Å². The number of aryl methyl sites for hydroxylation is 1. The monoisotopic (exact) mass is 396 g/mol. The summed E-state index contributed by atoms with van der Waals surface area (Å²) >= 11 is 0. The van der Waals surface area contributed by atoms with E-state index in [1.165, 1.54) is 0 Å². The van der Waals surface area contributed by atoms with Gasteiger partial charge in [0.25, 0.3) is 0 Å². The molecule has 3 rings (SSSR count). The quantitative estimate of drug-likeness (QED) is 0.778. The molecule has 2 aromatic rings. The molecule has 29 heavy (non-hydrogen) atoms. The maximum absolute atomic E-state index is 12.7. The van der Waals surface area contributed by atoms with Crippen molar-refractivity contribution < 1.29 is 19.1 Å². The number of rotatable bonds is 7. The van der Waals surface area contributed by atoms with Crippen LogP contribution in [-0.4, -0.2) is 44.0 Å². The Balaban J connectivity index is 1.55. The second-order valence-corrected chi connectivity index (χ2v) is 7.26. The van der Waals surface area contributed by atoms with Crippen molar-refractivity contribution in [1.29, 1.82) is 0 Å². The molecule has 0 bridgehead atoms. The van der Waals surface area contributed by atoms with E-state index in [4.69, 9.17) is 9.47 Å². The molecule has 1 fully saturated rings. The minimum atomic E-state index is -0.176. The van der Waals surface area contributed by atoms with Crippen molar-refractivity contribution in [2.45, 2.75) is 25.7 Å². The van der Waals surface area contributed by atoms with E-state index < -0.39 is 0 Å². The lowest BCUT2D eigenvalue weighted by atomic mass is 9.96. The van der Waals surface area contributed by atoms with Crippen LogP contribution in [0.15, 0.2) is 48.5 Å². The number of hydrogen-bond donors (Lipinski definition) is 1. The number of nitrogens with one attached hydrogen (secondary N) is 1. The van der Waals surface area contributed by atoms with Crippen molar-refractivity contribution in [2.75, 3.05) is 32.6 Å². The lowest BCUT2D eigenvalue weighted by molar-refractivity contribution is -0.134. The van der Waals surface area contributed by atoms with Crippen LogP contribution in [0, 0.1) is 5.92 Å². The number of para-hydroxylation sites is 1. The molecule has 2 aromatic carbocycles. The highest BCUT2D eigenvalue weighted by atomic mass is 16.5. The number of nitrogens with zero attached hydrogens (tertiary/aromatic N) is 1. The molecule has 1 atom stereocenters. The summed E-state index contributed by atoms with van der Waals surface area (Å²) in [6.07, 6.45) is 2.63. The average molecular weight is 396 g/mol. The Morgan fingerprint density at radius 3 is 2.41 bits per heavy atom. The molecule has 1 N–H and O–H groups in total. The first kappa shape index (κ1) is 20.7. The highest BCUT2D eigenvalue weighted by Crippen LogP contribution is 2.24. The van der Waals surface area contributed by atoms with Gasteiger partial charge in [-0.1, -0.05) is 18.2 Å². The van der Waals surface area contributed by atoms with Crippen molar-refractivity contribution in [1.82, 2.24) is 4.90 Å². The van der Waals surface area contributed by atoms with Gasteiger partial charge in [-0.25, -0.2) is 0 Å². The number of anilines is 1. The molecule has 1 unspecified atom stereocenters. The lowest BCUT2D eigenvalue weighted by Gasteiger charge is -2.32. The molecule has 1 aliphatic rings. The number of likely N-dealkylation sites (tertiary alicyclic amines) is 1. The van der Waals surface area contributed by atoms with Gasteiger partial charge in [-0.3, -0.25) is 9.59 Å². The van der Waals surface area contributed by atoms with E-state index in [9.17, 15) is 9.59 Å². The summed E-state index contributed by atoms with van der Waals surface area (Å²) in [6, 6.07) is 15.1. The van der Waals surface area contributed by atoms with Gasteiger partial charge in [-0.15, -0.1) is 0 Å². The van der Waals surface area contributed by atoms with E-state index in [0.717, 1.165) is 24.1 Å². The van der Waals surface area contributed by atoms with Crippen LogP contribution in [0.4, 0.5) is 5.69 Å². The van der Waals surface area contributed by atoms with Crippen LogP contribution < -0.4 is 14.8 Å². The van der Waals surface area contributed by atoms with Crippen LogP contribution in [0.3, 0.4) is 0 Å². The molecule has 6 nitrogen and oxygen atoms in total. The fourth-order valence-corrected chi connectivity index (χ4v) is 3.60. The smallest absolute Gasteiger partial charge is 0.229 e. The summed E-state index contributed by atoms with van der Waals surface area (Å²) in [4.78, 5) is 27.1. The van der Waals surface area contributed by atoms with E-state index in [0.29, 0.717) is 37.4 Å². The first-order valence-electron chi connectivity index (χ1n) is 9.94. The third-order valence-electron chi connectivity index (χ3n) is 5.22. The summed E-state index contributed by atoms with van der Waals surface area (Å²) in [7, 11) is 3.22. The van der Waals surface area contributed by atoms with Gasteiger partial charge in [0, 0.05) is 31.3 Å². The zero-order chi connectivity index (χ0) is 20.6. The third kappa shape index (κ3) is 5.73. The van der Waals surface area contributed by atoms with E-state index in [1.54, 1.807) is 14.2 Å². The Labute approximate surface area is 171 Å². The first-order valence-corrected chi connectivity index (χ1v) is 9.94. The Kier molecular flexibility index (Phi) is 7.11. The summed E-state index contributed by atoms with van der Waals surface area (Å²) in [5.74, 6) is 1.30. The summed E-state index contributed by atoms with van der Waals surface area (Å²) < 4.78 is 10.6. The summed E-state index contributed by atoms with van der Waals surface area (Å²) in [6.45, 7) is 1.17. The number of amides is 2. The average Bonchev–Trinajstić information content (AvgIpc) is 2.77. The molecule has 1 aliphatic heterocycles. The molecular formula is C23H28N2O4. The number of ether oxygens (including phenoxy) is 2. The number of piperidine rings is 1. The molecule has 0 aliphatic carbocycles. The fraction of sp³-hybridized carbons (Fsp3) is 0.391. The fourth-order valence-electron chi connectivity index (χ4n) is 3.60. The zero-order valence-corrected chi connectivity index (χ0v) is 17.0.